The molecule has 0 unspecified atom stereocenters. The topological polar surface area (TPSA) is 81.9 Å². The van der Waals surface area contributed by atoms with E-state index in [4.69, 9.17) is 11.6 Å². The Kier molecular flexibility index (Phi) is 6.31. The van der Waals surface area contributed by atoms with Crippen molar-refractivity contribution in [2.45, 2.75) is 11.3 Å². The largest absolute Gasteiger partial charge is 0.504 e. The summed E-state index contributed by atoms with van der Waals surface area (Å²) in [5.74, 6) is -0.133. The van der Waals surface area contributed by atoms with Gasteiger partial charge in [-0.1, -0.05) is 17.7 Å². The first-order valence-corrected chi connectivity index (χ1v) is 8.14. The average molecular weight is 351 g/mol. The highest BCUT2D eigenvalue weighted by atomic mass is 35.5. The number of amides is 1. The van der Waals surface area contributed by atoms with Gasteiger partial charge < -0.3 is 10.2 Å². The van der Waals surface area contributed by atoms with E-state index in [1.165, 1.54) is 12.3 Å². The minimum absolute atomic E-state index is 0.234. The summed E-state index contributed by atoms with van der Waals surface area (Å²) in [4.78, 5) is 12.7. The molecule has 0 atom stereocenters. The number of carbonyl (C=O) groups is 1. The number of nitrogens with zero attached hydrogens (tertiary/aromatic N) is 1. The standard InChI is InChI=1S/C16H15ClN2O3S/c17-12-4-6-13(7-5-12)23-9-8-15(21)19-18-10-11-2-1-3-14(20)16(11)22/h1-7,10,20,22H,8-9H2,(H,19,21)/b18-10+. The van der Waals surface area contributed by atoms with Crippen molar-refractivity contribution >= 4 is 35.5 Å². The van der Waals surface area contributed by atoms with E-state index in [0.29, 0.717) is 22.8 Å². The Morgan fingerprint density at radius 1 is 1.22 bits per heavy atom. The Labute approximate surface area is 143 Å². The normalized spacial score (nSPS) is 10.8. The third-order valence-corrected chi connectivity index (χ3v) is 4.12. The molecular formula is C16H15ClN2O3S. The van der Waals surface area contributed by atoms with Crippen LogP contribution in [0.5, 0.6) is 11.5 Å². The Balaban J connectivity index is 1.75. The fourth-order valence-electron chi connectivity index (χ4n) is 1.67. The van der Waals surface area contributed by atoms with Crippen LogP contribution in [-0.2, 0) is 4.79 Å². The van der Waals surface area contributed by atoms with Crippen molar-refractivity contribution in [3.63, 3.8) is 0 Å². The molecule has 0 aromatic heterocycles. The highest BCUT2D eigenvalue weighted by molar-refractivity contribution is 7.99. The lowest BCUT2D eigenvalue weighted by atomic mass is 10.2. The number of phenols is 2. The van der Waals surface area contributed by atoms with Crippen LogP contribution >= 0.6 is 23.4 Å². The minimum atomic E-state index is -0.274. The number of para-hydroxylation sites is 1. The van der Waals surface area contributed by atoms with Crippen LogP contribution < -0.4 is 5.43 Å². The zero-order valence-corrected chi connectivity index (χ0v) is 13.6. The van der Waals surface area contributed by atoms with Crippen LogP contribution in [0.1, 0.15) is 12.0 Å². The summed E-state index contributed by atoms with van der Waals surface area (Å²) in [5.41, 5.74) is 2.70. The number of halogens is 1. The maximum atomic E-state index is 11.7. The Morgan fingerprint density at radius 2 is 1.96 bits per heavy atom. The molecule has 3 N–H and O–H groups in total. The summed E-state index contributed by atoms with van der Waals surface area (Å²) in [5, 5.41) is 23.4. The average Bonchev–Trinajstić information content (AvgIpc) is 2.53. The van der Waals surface area contributed by atoms with Crippen molar-refractivity contribution in [2.24, 2.45) is 5.10 Å². The van der Waals surface area contributed by atoms with Gasteiger partial charge in [-0.2, -0.15) is 5.10 Å². The van der Waals surface area contributed by atoms with Gasteiger partial charge in [-0.25, -0.2) is 5.43 Å². The minimum Gasteiger partial charge on any atom is -0.504 e. The van der Waals surface area contributed by atoms with Gasteiger partial charge in [0.05, 0.1) is 6.21 Å². The lowest BCUT2D eigenvalue weighted by Crippen LogP contribution is -2.17. The first-order chi connectivity index (χ1) is 11.1. The van der Waals surface area contributed by atoms with Crippen molar-refractivity contribution in [2.75, 3.05) is 5.75 Å². The van der Waals surface area contributed by atoms with Crippen LogP contribution in [0.2, 0.25) is 5.02 Å². The van der Waals surface area contributed by atoms with Gasteiger partial charge in [0.25, 0.3) is 0 Å². The molecule has 0 saturated heterocycles. The van der Waals surface area contributed by atoms with Crippen LogP contribution in [0, 0.1) is 0 Å². The smallest absolute Gasteiger partial charge is 0.240 e. The van der Waals surface area contributed by atoms with Crippen molar-refractivity contribution in [1.29, 1.82) is 0 Å². The fourth-order valence-corrected chi connectivity index (χ4v) is 2.65. The monoisotopic (exact) mass is 350 g/mol. The Hall–Kier alpha value is -2.18. The molecule has 0 bridgehead atoms. The molecule has 120 valence electrons. The molecule has 1 amide bonds. The zero-order valence-electron chi connectivity index (χ0n) is 12.1. The second-order valence-electron chi connectivity index (χ2n) is 4.56. The molecule has 23 heavy (non-hydrogen) atoms. The predicted octanol–water partition coefficient (Wildman–Crippen LogP) is 3.38. The summed E-state index contributed by atoms with van der Waals surface area (Å²) in [6, 6.07) is 11.9. The molecule has 2 aromatic carbocycles. The number of aromatic hydroxyl groups is 2. The molecule has 0 heterocycles. The number of hydrazone groups is 1. The molecule has 2 rings (SSSR count). The van der Waals surface area contributed by atoms with Crippen molar-refractivity contribution in [3.05, 3.63) is 53.1 Å². The van der Waals surface area contributed by atoms with Crippen LogP contribution in [-0.4, -0.2) is 28.1 Å². The molecule has 0 radical (unpaired) electrons. The van der Waals surface area contributed by atoms with Gasteiger partial charge in [-0.15, -0.1) is 11.8 Å². The van der Waals surface area contributed by atoms with E-state index >= 15 is 0 Å². The molecule has 0 aliphatic rings. The maximum absolute atomic E-state index is 11.7. The Bertz CT molecular complexity index is 705. The van der Waals surface area contributed by atoms with E-state index in [9.17, 15) is 15.0 Å². The molecule has 0 fully saturated rings. The lowest BCUT2D eigenvalue weighted by Gasteiger charge is -2.02. The third-order valence-electron chi connectivity index (χ3n) is 2.85. The first kappa shape index (κ1) is 17.2. The van der Waals surface area contributed by atoms with E-state index in [1.807, 2.05) is 12.1 Å². The molecule has 0 aliphatic heterocycles. The second-order valence-corrected chi connectivity index (χ2v) is 6.17. The molecular weight excluding hydrogens is 336 g/mol. The van der Waals surface area contributed by atoms with Gasteiger partial charge >= 0.3 is 0 Å². The van der Waals surface area contributed by atoms with E-state index in [2.05, 4.69) is 10.5 Å². The van der Waals surface area contributed by atoms with Gasteiger partial charge in [0, 0.05) is 27.7 Å². The number of rotatable bonds is 6. The highest BCUT2D eigenvalue weighted by Gasteiger charge is 2.04. The van der Waals surface area contributed by atoms with Crippen LogP contribution in [0.25, 0.3) is 0 Å². The number of benzene rings is 2. The van der Waals surface area contributed by atoms with Gasteiger partial charge in [-0.05, 0) is 36.4 Å². The van der Waals surface area contributed by atoms with Crippen molar-refractivity contribution < 1.29 is 15.0 Å². The number of hydrogen-bond acceptors (Lipinski definition) is 5. The van der Waals surface area contributed by atoms with E-state index in [0.717, 1.165) is 4.90 Å². The van der Waals surface area contributed by atoms with Crippen molar-refractivity contribution in [1.82, 2.24) is 5.43 Å². The number of thioether (sulfide) groups is 1. The van der Waals surface area contributed by atoms with E-state index in [1.54, 1.807) is 36.0 Å². The van der Waals surface area contributed by atoms with Crippen molar-refractivity contribution in [3.8, 4) is 11.5 Å². The van der Waals surface area contributed by atoms with Gasteiger partial charge in [0.1, 0.15) is 0 Å². The second kappa shape index (κ2) is 8.45. The maximum Gasteiger partial charge on any atom is 0.240 e. The summed E-state index contributed by atoms with van der Waals surface area (Å²) < 4.78 is 0. The van der Waals surface area contributed by atoms with Gasteiger partial charge in [-0.3, -0.25) is 4.79 Å². The summed E-state index contributed by atoms with van der Waals surface area (Å²) in [6.45, 7) is 0. The van der Waals surface area contributed by atoms with Gasteiger partial charge in [0.2, 0.25) is 5.91 Å². The SMILES string of the molecule is O=C(CCSc1ccc(Cl)cc1)N/N=C/c1cccc(O)c1O. The summed E-state index contributed by atoms with van der Waals surface area (Å²) in [6.07, 6.45) is 1.58. The molecule has 7 heteroatoms. The fraction of sp³-hybridized carbons (Fsp3) is 0.125. The van der Waals surface area contributed by atoms with E-state index < -0.39 is 0 Å². The molecule has 5 nitrogen and oxygen atoms in total. The summed E-state index contributed by atoms with van der Waals surface area (Å²) in [7, 11) is 0. The van der Waals surface area contributed by atoms with Crippen LogP contribution in [0.4, 0.5) is 0 Å². The number of nitrogens with one attached hydrogen (secondary N) is 1. The number of hydrogen-bond donors (Lipinski definition) is 3. The molecule has 0 spiro atoms. The zero-order chi connectivity index (χ0) is 16.7. The highest BCUT2D eigenvalue weighted by Crippen LogP contribution is 2.26. The lowest BCUT2D eigenvalue weighted by molar-refractivity contribution is -0.120. The number of phenolic OH excluding ortho intramolecular Hbond substituents is 2. The van der Waals surface area contributed by atoms with Crippen LogP contribution in [0.3, 0.4) is 0 Å². The molecule has 2 aromatic rings. The first-order valence-electron chi connectivity index (χ1n) is 6.77. The van der Waals surface area contributed by atoms with Gasteiger partial charge in [0.15, 0.2) is 11.5 Å². The molecule has 0 saturated carbocycles. The quantitative estimate of drug-likeness (QED) is 0.323. The molecule has 0 aliphatic carbocycles. The predicted molar refractivity (Wildman–Crippen MR) is 92.3 cm³/mol. The van der Waals surface area contributed by atoms with E-state index in [-0.39, 0.29) is 17.4 Å². The summed E-state index contributed by atoms with van der Waals surface area (Å²) >= 11 is 7.35. The third kappa shape index (κ3) is 5.50. The number of carbonyl (C=O) groups excluding carboxylic acids is 1. The Morgan fingerprint density at radius 3 is 2.70 bits per heavy atom. The van der Waals surface area contributed by atoms with Crippen LogP contribution in [0.15, 0.2) is 52.5 Å².